The van der Waals surface area contributed by atoms with E-state index in [1.807, 2.05) is 55.5 Å². The number of aliphatic imine (C=N–C) groups is 1. The van der Waals surface area contributed by atoms with E-state index in [9.17, 15) is 4.21 Å². The number of hydrogen-bond acceptors (Lipinski definition) is 4. The van der Waals surface area contributed by atoms with Crippen LogP contribution < -0.4 is 20.1 Å². The van der Waals surface area contributed by atoms with Gasteiger partial charge in [0.2, 0.25) is 6.79 Å². The number of nitrogens with one attached hydrogen (secondary N) is 2. The first-order valence-corrected chi connectivity index (χ1v) is 10.5. The molecule has 0 saturated heterocycles. The fourth-order valence-corrected chi connectivity index (χ4v) is 3.71. The minimum absolute atomic E-state index is 0.270. The second-order valence-corrected chi connectivity index (χ2v) is 7.66. The van der Waals surface area contributed by atoms with Crippen molar-refractivity contribution >= 4 is 16.8 Å². The summed E-state index contributed by atoms with van der Waals surface area (Å²) in [5, 5.41) is 6.46. The molecule has 2 N–H and O–H groups in total. The van der Waals surface area contributed by atoms with E-state index in [0.717, 1.165) is 29.2 Å². The fourth-order valence-electron chi connectivity index (χ4n) is 2.67. The zero-order valence-electron chi connectivity index (χ0n) is 15.4. The largest absolute Gasteiger partial charge is 0.454 e. The number of rotatable bonds is 8. The summed E-state index contributed by atoms with van der Waals surface area (Å²) in [5.74, 6) is 3.40. The maximum Gasteiger partial charge on any atom is 0.231 e. The molecule has 0 spiro atoms. The fraction of sp³-hybridized carbons (Fsp3) is 0.350. The number of hydrogen-bond donors (Lipinski definition) is 2. The molecule has 1 atom stereocenters. The van der Waals surface area contributed by atoms with E-state index < -0.39 is 10.8 Å². The second kappa shape index (κ2) is 9.97. The zero-order valence-corrected chi connectivity index (χ0v) is 16.3. The Morgan fingerprint density at radius 2 is 1.89 bits per heavy atom. The molecule has 0 saturated carbocycles. The van der Waals surface area contributed by atoms with E-state index >= 15 is 0 Å². The van der Waals surface area contributed by atoms with Crippen molar-refractivity contribution < 1.29 is 13.7 Å². The van der Waals surface area contributed by atoms with Gasteiger partial charge >= 0.3 is 0 Å². The molecule has 0 bridgehead atoms. The molecule has 0 amide bonds. The van der Waals surface area contributed by atoms with E-state index in [1.54, 1.807) is 0 Å². The van der Waals surface area contributed by atoms with Crippen LogP contribution in [0, 0.1) is 0 Å². The van der Waals surface area contributed by atoms with Crippen molar-refractivity contribution in [3.05, 3.63) is 59.7 Å². The third kappa shape index (κ3) is 5.99. The van der Waals surface area contributed by atoms with Crippen molar-refractivity contribution in [3.63, 3.8) is 0 Å². The maximum atomic E-state index is 12.2. The zero-order chi connectivity index (χ0) is 18.9. The van der Waals surface area contributed by atoms with Crippen molar-refractivity contribution in [2.45, 2.75) is 19.2 Å². The van der Waals surface area contributed by atoms with Crippen molar-refractivity contribution in [1.29, 1.82) is 0 Å². The summed E-state index contributed by atoms with van der Waals surface area (Å²) in [4.78, 5) is 4.59. The molecule has 0 aromatic heterocycles. The lowest BCUT2D eigenvalue weighted by Crippen LogP contribution is -2.39. The van der Waals surface area contributed by atoms with Gasteiger partial charge in [0.15, 0.2) is 17.5 Å². The lowest BCUT2D eigenvalue weighted by molar-refractivity contribution is 0.174. The molecule has 0 fully saturated rings. The number of guanidine groups is 1. The first-order chi connectivity index (χ1) is 13.2. The molecule has 7 heteroatoms. The van der Waals surface area contributed by atoms with Gasteiger partial charge in [-0.05, 0) is 30.2 Å². The SMILES string of the molecule is CCNC(=NCc1ccc2c(c1)OCO2)NCCS(=O)Cc1ccccc1. The number of nitrogens with zero attached hydrogens (tertiary/aromatic N) is 1. The summed E-state index contributed by atoms with van der Waals surface area (Å²) in [7, 11) is -0.907. The van der Waals surface area contributed by atoms with Crippen LogP contribution in [0.15, 0.2) is 53.5 Å². The normalized spacial score (nSPS) is 14.0. The molecule has 1 aliphatic rings. The van der Waals surface area contributed by atoms with Gasteiger partial charge in [-0.15, -0.1) is 0 Å². The van der Waals surface area contributed by atoms with Crippen LogP contribution in [-0.4, -0.2) is 35.8 Å². The predicted molar refractivity (Wildman–Crippen MR) is 109 cm³/mol. The van der Waals surface area contributed by atoms with Crippen molar-refractivity contribution in [1.82, 2.24) is 10.6 Å². The van der Waals surface area contributed by atoms with Gasteiger partial charge in [-0.25, -0.2) is 4.99 Å². The van der Waals surface area contributed by atoms with Crippen LogP contribution in [0.25, 0.3) is 0 Å². The summed E-state index contributed by atoms with van der Waals surface area (Å²) in [6.45, 7) is 4.18. The van der Waals surface area contributed by atoms with Crippen LogP contribution in [-0.2, 0) is 23.1 Å². The Kier molecular flexibility index (Phi) is 7.10. The molecule has 0 aliphatic carbocycles. The van der Waals surface area contributed by atoms with Crippen molar-refractivity contribution in [2.24, 2.45) is 4.99 Å². The highest BCUT2D eigenvalue weighted by Gasteiger charge is 2.13. The van der Waals surface area contributed by atoms with Crippen LogP contribution in [0.2, 0.25) is 0 Å². The first kappa shape index (κ1) is 19.2. The van der Waals surface area contributed by atoms with Crippen LogP contribution in [0.4, 0.5) is 0 Å². The van der Waals surface area contributed by atoms with Gasteiger partial charge in [0.25, 0.3) is 0 Å². The average molecular weight is 388 g/mol. The Morgan fingerprint density at radius 1 is 1.07 bits per heavy atom. The molecule has 144 valence electrons. The summed E-state index contributed by atoms with van der Waals surface area (Å²) < 4.78 is 22.9. The second-order valence-electron chi connectivity index (χ2n) is 6.08. The Hall–Kier alpha value is -2.54. The molecular formula is C20H25N3O3S. The molecular weight excluding hydrogens is 362 g/mol. The summed E-state index contributed by atoms with van der Waals surface area (Å²) in [6, 6.07) is 15.7. The van der Waals surface area contributed by atoms with Gasteiger partial charge in [-0.1, -0.05) is 36.4 Å². The molecule has 2 aromatic carbocycles. The molecule has 3 rings (SSSR count). The first-order valence-electron chi connectivity index (χ1n) is 9.04. The lowest BCUT2D eigenvalue weighted by Gasteiger charge is -2.11. The molecule has 6 nitrogen and oxygen atoms in total. The summed E-state index contributed by atoms with van der Waals surface area (Å²) in [6.07, 6.45) is 0. The Bertz CT molecular complexity index is 796. The molecule has 0 radical (unpaired) electrons. The molecule has 1 unspecified atom stereocenters. The molecule has 1 heterocycles. The van der Waals surface area contributed by atoms with Gasteiger partial charge in [0, 0.05) is 35.4 Å². The van der Waals surface area contributed by atoms with E-state index in [-0.39, 0.29) is 6.79 Å². The highest BCUT2D eigenvalue weighted by molar-refractivity contribution is 7.84. The van der Waals surface area contributed by atoms with Crippen molar-refractivity contribution in [3.8, 4) is 11.5 Å². The van der Waals surface area contributed by atoms with Crippen LogP contribution in [0.5, 0.6) is 11.5 Å². The standard InChI is InChI=1S/C20H25N3O3S/c1-2-21-20(22-10-11-27(24)14-16-6-4-3-5-7-16)23-13-17-8-9-18-19(12-17)26-15-25-18/h3-9,12H,2,10-11,13-15H2,1H3,(H2,21,22,23). The van der Waals surface area contributed by atoms with Gasteiger partial charge < -0.3 is 20.1 Å². The van der Waals surface area contributed by atoms with Crippen LogP contribution in [0.1, 0.15) is 18.1 Å². The minimum atomic E-state index is -0.907. The summed E-state index contributed by atoms with van der Waals surface area (Å²) in [5.41, 5.74) is 2.14. The third-order valence-electron chi connectivity index (χ3n) is 3.99. The molecule has 2 aromatic rings. The molecule has 1 aliphatic heterocycles. The highest BCUT2D eigenvalue weighted by atomic mass is 32.2. The highest BCUT2D eigenvalue weighted by Crippen LogP contribution is 2.32. The topological polar surface area (TPSA) is 72.0 Å². The van der Waals surface area contributed by atoms with Gasteiger partial charge in [-0.3, -0.25) is 4.21 Å². The van der Waals surface area contributed by atoms with Gasteiger partial charge in [0.1, 0.15) is 0 Å². The van der Waals surface area contributed by atoms with Crippen molar-refractivity contribution in [2.75, 3.05) is 25.6 Å². The minimum Gasteiger partial charge on any atom is -0.454 e. The quantitative estimate of drug-likeness (QED) is 0.538. The van der Waals surface area contributed by atoms with Gasteiger partial charge in [0.05, 0.1) is 6.54 Å². The average Bonchev–Trinajstić information content (AvgIpc) is 3.14. The Balaban J connectivity index is 1.48. The lowest BCUT2D eigenvalue weighted by atomic mass is 10.2. The predicted octanol–water partition coefficient (Wildman–Crippen LogP) is 2.42. The summed E-state index contributed by atoms with van der Waals surface area (Å²) >= 11 is 0. The monoisotopic (exact) mass is 387 g/mol. The number of ether oxygens (including phenoxy) is 2. The van der Waals surface area contributed by atoms with E-state index in [0.29, 0.717) is 30.6 Å². The number of fused-ring (bicyclic) bond motifs is 1. The van der Waals surface area contributed by atoms with E-state index in [1.165, 1.54) is 0 Å². The van der Waals surface area contributed by atoms with E-state index in [4.69, 9.17) is 9.47 Å². The molecule has 27 heavy (non-hydrogen) atoms. The maximum absolute atomic E-state index is 12.2. The van der Waals surface area contributed by atoms with Gasteiger partial charge in [-0.2, -0.15) is 0 Å². The van der Waals surface area contributed by atoms with Crippen LogP contribution in [0.3, 0.4) is 0 Å². The van der Waals surface area contributed by atoms with Crippen LogP contribution >= 0.6 is 0 Å². The Morgan fingerprint density at radius 3 is 2.70 bits per heavy atom. The van der Waals surface area contributed by atoms with E-state index in [2.05, 4.69) is 15.6 Å². The number of benzene rings is 2. The smallest absolute Gasteiger partial charge is 0.231 e. The Labute approximate surface area is 162 Å². The third-order valence-corrected chi connectivity index (χ3v) is 5.31.